The molecule has 0 aliphatic heterocycles. The van der Waals surface area contributed by atoms with Gasteiger partial charge in [-0.15, -0.1) is 0 Å². The van der Waals surface area contributed by atoms with Crippen LogP contribution in [0.5, 0.6) is 11.5 Å². The number of aryl methyl sites for hydroxylation is 1. The van der Waals surface area contributed by atoms with Crippen molar-refractivity contribution >= 4 is 21.6 Å². The summed E-state index contributed by atoms with van der Waals surface area (Å²) in [7, 11) is 1.65. The topological polar surface area (TPSA) is 44.5 Å². The first-order chi connectivity index (χ1) is 9.11. The molecule has 0 saturated carbocycles. The molecule has 2 rings (SSSR count). The molecule has 100 valence electrons. The number of methoxy groups -OCH3 is 1. The molecule has 0 bridgehead atoms. The fourth-order valence-electron chi connectivity index (χ4n) is 1.88. The van der Waals surface area contributed by atoms with Gasteiger partial charge in [0.1, 0.15) is 18.1 Å². The van der Waals surface area contributed by atoms with Crippen LogP contribution >= 0.6 is 15.9 Å². The normalized spacial score (nSPS) is 10.3. The van der Waals surface area contributed by atoms with Crippen molar-refractivity contribution in [2.45, 2.75) is 13.5 Å². The minimum absolute atomic E-state index is 0.414. The molecule has 4 heteroatoms. The second-order valence-electron chi connectivity index (χ2n) is 4.24. The maximum absolute atomic E-state index is 5.92. The number of benzene rings is 2. The van der Waals surface area contributed by atoms with Gasteiger partial charge >= 0.3 is 0 Å². The third-order valence-corrected chi connectivity index (χ3v) is 3.35. The standard InChI is InChI=1S/C15H16BrNO2/c1-10-4-3-5-13(17)15(10)19-9-11-8-12(16)6-7-14(11)18-2/h3-8H,9,17H2,1-2H3. The van der Waals surface area contributed by atoms with Crippen LogP contribution in [0, 0.1) is 6.92 Å². The Kier molecular flexibility index (Phi) is 4.32. The number of halogens is 1. The Morgan fingerprint density at radius 2 is 2.00 bits per heavy atom. The number of nitrogens with two attached hydrogens (primary N) is 1. The SMILES string of the molecule is COc1ccc(Br)cc1COc1c(C)cccc1N. The molecule has 0 radical (unpaired) electrons. The maximum atomic E-state index is 5.92. The molecule has 0 atom stereocenters. The van der Waals surface area contributed by atoms with Gasteiger partial charge in [0.05, 0.1) is 12.8 Å². The Morgan fingerprint density at radius 3 is 2.68 bits per heavy atom. The summed E-state index contributed by atoms with van der Waals surface area (Å²) < 4.78 is 12.1. The lowest BCUT2D eigenvalue weighted by atomic mass is 10.2. The van der Waals surface area contributed by atoms with E-state index in [-0.39, 0.29) is 0 Å². The monoisotopic (exact) mass is 321 g/mol. The van der Waals surface area contributed by atoms with Gasteiger partial charge in [-0.1, -0.05) is 28.1 Å². The van der Waals surface area contributed by atoms with E-state index in [9.17, 15) is 0 Å². The summed E-state index contributed by atoms with van der Waals surface area (Å²) in [6.45, 7) is 2.39. The third kappa shape index (κ3) is 3.20. The summed E-state index contributed by atoms with van der Waals surface area (Å²) in [6.07, 6.45) is 0. The molecule has 2 aromatic rings. The molecule has 0 saturated heterocycles. The Bertz CT molecular complexity index is 564. The summed E-state index contributed by atoms with van der Waals surface area (Å²) in [5.74, 6) is 1.53. The number of hydrogen-bond acceptors (Lipinski definition) is 3. The van der Waals surface area contributed by atoms with E-state index in [1.807, 2.05) is 43.3 Å². The van der Waals surface area contributed by atoms with Crippen molar-refractivity contribution in [1.82, 2.24) is 0 Å². The highest BCUT2D eigenvalue weighted by molar-refractivity contribution is 9.10. The number of anilines is 1. The highest BCUT2D eigenvalue weighted by atomic mass is 79.9. The summed E-state index contributed by atoms with van der Waals surface area (Å²) in [4.78, 5) is 0. The fourth-order valence-corrected chi connectivity index (χ4v) is 2.29. The smallest absolute Gasteiger partial charge is 0.145 e. The zero-order chi connectivity index (χ0) is 13.8. The van der Waals surface area contributed by atoms with E-state index in [0.717, 1.165) is 27.1 Å². The Labute approximate surface area is 121 Å². The first kappa shape index (κ1) is 13.7. The molecule has 0 aromatic heterocycles. The predicted octanol–water partition coefficient (Wildman–Crippen LogP) is 3.93. The van der Waals surface area contributed by atoms with Crippen LogP contribution in [0.3, 0.4) is 0 Å². The van der Waals surface area contributed by atoms with E-state index >= 15 is 0 Å². The van der Waals surface area contributed by atoms with Gasteiger partial charge in [-0.2, -0.15) is 0 Å². The van der Waals surface area contributed by atoms with Gasteiger partial charge in [0.25, 0.3) is 0 Å². The summed E-state index contributed by atoms with van der Waals surface area (Å²) in [5, 5.41) is 0. The van der Waals surface area contributed by atoms with E-state index in [2.05, 4.69) is 15.9 Å². The Morgan fingerprint density at radius 1 is 1.21 bits per heavy atom. The number of para-hydroxylation sites is 1. The lowest BCUT2D eigenvalue weighted by Gasteiger charge is -2.13. The molecule has 0 amide bonds. The van der Waals surface area contributed by atoms with Gasteiger partial charge < -0.3 is 15.2 Å². The molecule has 0 fully saturated rings. The van der Waals surface area contributed by atoms with Gasteiger partial charge in [-0.05, 0) is 36.8 Å². The molecule has 0 heterocycles. The van der Waals surface area contributed by atoms with E-state index in [1.54, 1.807) is 7.11 Å². The highest BCUT2D eigenvalue weighted by Gasteiger charge is 2.08. The lowest BCUT2D eigenvalue weighted by molar-refractivity contribution is 0.296. The van der Waals surface area contributed by atoms with E-state index in [0.29, 0.717) is 12.3 Å². The van der Waals surface area contributed by atoms with Crippen molar-refractivity contribution in [3.63, 3.8) is 0 Å². The second kappa shape index (κ2) is 5.97. The summed E-state index contributed by atoms with van der Waals surface area (Å²) >= 11 is 3.44. The van der Waals surface area contributed by atoms with Crippen LogP contribution in [0.15, 0.2) is 40.9 Å². The quantitative estimate of drug-likeness (QED) is 0.868. The lowest BCUT2D eigenvalue weighted by Crippen LogP contribution is -2.02. The van der Waals surface area contributed by atoms with Crippen LogP contribution in [-0.2, 0) is 6.61 Å². The van der Waals surface area contributed by atoms with E-state index < -0.39 is 0 Å². The van der Waals surface area contributed by atoms with Crippen LogP contribution < -0.4 is 15.2 Å². The van der Waals surface area contributed by atoms with Gasteiger partial charge in [0.15, 0.2) is 0 Å². The Hall–Kier alpha value is -1.68. The van der Waals surface area contributed by atoms with Crippen molar-refractivity contribution in [2.24, 2.45) is 0 Å². The minimum Gasteiger partial charge on any atom is -0.496 e. The first-order valence-corrected chi connectivity index (χ1v) is 6.71. The number of nitrogen functional groups attached to an aromatic ring is 1. The van der Waals surface area contributed by atoms with Crippen molar-refractivity contribution in [3.05, 3.63) is 52.0 Å². The number of rotatable bonds is 4. The third-order valence-electron chi connectivity index (χ3n) is 2.86. The molecule has 3 nitrogen and oxygen atoms in total. The van der Waals surface area contributed by atoms with Crippen LogP contribution in [0.25, 0.3) is 0 Å². The first-order valence-electron chi connectivity index (χ1n) is 5.92. The zero-order valence-electron chi connectivity index (χ0n) is 10.9. The minimum atomic E-state index is 0.414. The van der Waals surface area contributed by atoms with E-state index in [1.165, 1.54) is 0 Å². The number of hydrogen-bond donors (Lipinski definition) is 1. The van der Waals surface area contributed by atoms with Crippen LogP contribution in [0.4, 0.5) is 5.69 Å². The maximum Gasteiger partial charge on any atom is 0.145 e. The molecule has 19 heavy (non-hydrogen) atoms. The molecular formula is C15H16BrNO2. The van der Waals surface area contributed by atoms with Gasteiger partial charge in [-0.3, -0.25) is 0 Å². The average molecular weight is 322 g/mol. The Balaban J connectivity index is 2.21. The summed E-state index contributed by atoms with van der Waals surface area (Å²) in [5.41, 5.74) is 8.56. The average Bonchev–Trinajstić information content (AvgIpc) is 2.38. The van der Waals surface area contributed by atoms with Crippen molar-refractivity contribution in [3.8, 4) is 11.5 Å². The molecule has 0 spiro atoms. The molecule has 0 aliphatic carbocycles. The van der Waals surface area contributed by atoms with Crippen LogP contribution in [-0.4, -0.2) is 7.11 Å². The molecule has 2 aromatic carbocycles. The van der Waals surface area contributed by atoms with Gasteiger partial charge in [0, 0.05) is 10.0 Å². The van der Waals surface area contributed by atoms with Crippen molar-refractivity contribution < 1.29 is 9.47 Å². The zero-order valence-corrected chi connectivity index (χ0v) is 12.5. The molecule has 0 aliphatic rings. The predicted molar refractivity (Wildman–Crippen MR) is 80.6 cm³/mol. The van der Waals surface area contributed by atoms with Gasteiger partial charge in [0.2, 0.25) is 0 Å². The largest absolute Gasteiger partial charge is 0.496 e. The highest BCUT2D eigenvalue weighted by Crippen LogP contribution is 2.29. The second-order valence-corrected chi connectivity index (χ2v) is 5.15. The molecule has 0 unspecified atom stereocenters. The van der Waals surface area contributed by atoms with E-state index in [4.69, 9.17) is 15.2 Å². The molecular weight excluding hydrogens is 306 g/mol. The van der Waals surface area contributed by atoms with Crippen LogP contribution in [0.1, 0.15) is 11.1 Å². The fraction of sp³-hybridized carbons (Fsp3) is 0.200. The van der Waals surface area contributed by atoms with Crippen molar-refractivity contribution in [1.29, 1.82) is 0 Å². The summed E-state index contributed by atoms with van der Waals surface area (Å²) in [6, 6.07) is 11.5. The number of ether oxygens (including phenoxy) is 2. The van der Waals surface area contributed by atoms with Crippen LogP contribution in [0.2, 0.25) is 0 Å². The van der Waals surface area contributed by atoms with Crippen molar-refractivity contribution in [2.75, 3.05) is 12.8 Å². The van der Waals surface area contributed by atoms with Gasteiger partial charge in [-0.25, -0.2) is 0 Å². The molecule has 2 N–H and O–H groups in total.